The Morgan fingerprint density at radius 1 is 1.00 bits per heavy atom. The number of rotatable bonds is 4. The smallest absolute Gasteiger partial charge is 0.134 e. The Hall–Kier alpha value is -2.12. The lowest BCUT2D eigenvalue weighted by Crippen LogP contribution is -2.31. The molecule has 2 aromatic carbocycles. The second-order valence-electron chi connectivity index (χ2n) is 4.27. The van der Waals surface area contributed by atoms with Crippen molar-refractivity contribution < 1.29 is 22.3 Å². The summed E-state index contributed by atoms with van der Waals surface area (Å²) in [6.45, 7) is 0. The number of halogens is 4. The molecule has 0 saturated heterocycles. The maximum absolute atomic E-state index is 14.0. The molecule has 1 unspecified atom stereocenters. The summed E-state index contributed by atoms with van der Waals surface area (Å²) >= 11 is 0. The molecule has 0 fully saturated rings. The van der Waals surface area contributed by atoms with E-state index in [0.717, 1.165) is 6.07 Å². The van der Waals surface area contributed by atoms with E-state index in [2.05, 4.69) is 5.43 Å². The number of hydrazine groups is 1. The number of hydrogen-bond donors (Lipinski definition) is 2. The lowest BCUT2D eigenvalue weighted by atomic mass is 9.97. The van der Waals surface area contributed by atoms with Gasteiger partial charge in [-0.3, -0.25) is 5.84 Å². The van der Waals surface area contributed by atoms with E-state index in [-0.39, 0.29) is 11.3 Å². The third kappa shape index (κ3) is 2.98. The zero-order chi connectivity index (χ0) is 15.6. The highest BCUT2D eigenvalue weighted by atomic mass is 19.1. The molecule has 7 heteroatoms. The summed E-state index contributed by atoms with van der Waals surface area (Å²) in [6, 6.07) is 3.45. The summed E-state index contributed by atoms with van der Waals surface area (Å²) in [6.07, 6.45) is 0. The van der Waals surface area contributed by atoms with Gasteiger partial charge in [0.05, 0.1) is 13.2 Å². The average Bonchev–Trinajstić information content (AvgIpc) is 2.43. The molecule has 0 radical (unpaired) electrons. The Morgan fingerprint density at radius 2 is 1.62 bits per heavy atom. The first-order chi connectivity index (χ1) is 9.97. The monoisotopic (exact) mass is 300 g/mol. The van der Waals surface area contributed by atoms with Crippen LogP contribution in [-0.2, 0) is 0 Å². The van der Waals surface area contributed by atoms with Crippen molar-refractivity contribution in [2.45, 2.75) is 6.04 Å². The van der Waals surface area contributed by atoms with Gasteiger partial charge in [0.1, 0.15) is 29.0 Å². The van der Waals surface area contributed by atoms with Crippen molar-refractivity contribution in [1.29, 1.82) is 0 Å². The molecular formula is C14H12F4N2O. The molecule has 21 heavy (non-hydrogen) atoms. The Balaban J connectivity index is 2.55. The molecule has 2 aromatic rings. The van der Waals surface area contributed by atoms with Crippen LogP contribution in [0.15, 0.2) is 30.3 Å². The quantitative estimate of drug-likeness (QED) is 0.518. The highest BCUT2D eigenvalue weighted by molar-refractivity contribution is 5.38. The molecule has 0 bridgehead atoms. The van der Waals surface area contributed by atoms with E-state index in [1.165, 1.54) is 19.2 Å². The SMILES string of the molecule is COc1ccc(C(NN)c2c(F)cc(F)cc2F)c(F)c1. The fourth-order valence-corrected chi connectivity index (χ4v) is 2.03. The van der Waals surface area contributed by atoms with Crippen molar-refractivity contribution in [1.82, 2.24) is 5.43 Å². The largest absolute Gasteiger partial charge is 0.497 e. The van der Waals surface area contributed by atoms with Gasteiger partial charge in [-0.2, -0.15) is 0 Å². The number of benzene rings is 2. The third-order valence-corrected chi connectivity index (χ3v) is 3.02. The van der Waals surface area contributed by atoms with Crippen LogP contribution in [0, 0.1) is 23.3 Å². The van der Waals surface area contributed by atoms with E-state index in [9.17, 15) is 17.6 Å². The van der Waals surface area contributed by atoms with Gasteiger partial charge in [-0.15, -0.1) is 0 Å². The second kappa shape index (κ2) is 6.11. The van der Waals surface area contributed by atoms with Crippen LogP contribution >= 0.6 is 0 Å². The molecule has 112 valence electrons. The second-order valence-corrected chi connectivity index (χ2v) is 4.27. The molecule has 3 N–H and O–H groups in total. The van der Waals surface area contributed by atoms with Crippen molar-refractivity contribution in [3.63, 3.8) is 0 Å². The van der Waals surface area contributed by atoms with E-state index in [1.54, 1.807) is 0 Å². The van der Waals surface area contributed by atoms with Crippen LogP contribution in [0.3, 0.4) is 0 Å². The first-order valence-corrected chi connectivity index (χ1v) is 5.92. The first-order valence-electron chi connectivity index (χ1n) is 5.92. The molecule has 0 spiro atoms. The van der Waals surface area contributed by atoms with Crippen LogP contribution in [0.5, 0.6) is 5.75 Å². The predicted molar refractivity (Wildman–Crippen MR) is 68.4 cm³/mol. The Morgan fingerprint density at radius 3 is 2.10 bits per heavy atom. The van der Waals surface area contributed by atoms with Gasteiger partial charge in [0.25, 0.3) is 0 Å². The minimum atomic E-state index is -1.31. The highest BCUT2D eigenvalue weighted by Crippen LogP contribution is 2.30. The molecule has 0 heterocycles. The van der Waals surface area contributed by atoms with Crippen molar-refractivity contribution >= 4 is 0 Å². The molecular weight excluding hydrogens is 288 g/mol. The number of hydrogen-bond acceptors (Lipinski definition) is 3. The van der Waals surface area contributed by atoms with Gasteiger partial charge < -0.3 is 4.74 Å². The summed E-state index contributed by atoms with van der Waals surface area (Å²) in [5.74, 6) is 1.36. The van der Waals surface area contributed by atoms with Crippen LogP contribution in [0.2, 0.25) is 0 Å². The predicted octanol–water partition coefficient (Wildman–Crippen LogP) is 2.80. The van der Waals surface area contributed by atoms with Crippen molar-refractivity contribution in [3.05, 3.63) is 64.7 Å². The van der Waals surface area contributed by atoms with E-state index >= 15 is 0 Å². The maximum Gasteiger partial charge on any atom is 0.134 e. The summed E-state index contributed by atoms with van der Waals surface area (Å²) in [7, 11) is 1.35. The summed E-state index contributed by atoms with van der Waals surface area (Å²) in [5.41, 5.74) is 1.47. The lowest BCUT2D eigenvalue weighted by Gasteiger charge is -2.19. The summed E-state index contributed by atoms with van der Waals surface area (Å²) in [5, 5.41) is 0. The normalized spacial score (nSPS) is 12.3. The van der Waals surface area contributed by atoms with Crippen LogP contribution in [0.1, 0.15) is 17.2 Å². The number of ether oxygens (including phenoxy) is 1. The van der Waals surface area contributed by atoms with E-state index in [4.69, 9.17) is 10.6 Å². The van der Waals surface area contributed by atoms with Crippen LogP contribution in [-0.4, -0.2) is 7.11 Å². The zero-order valence-electron chi connectivity index (χ0n) is 11.0. The summed E-state index contributed by atoms with van der Waals surface area (Å²) in [4.78, 5) is 0. The lowest BCUT2D eigenvalue weighted by molar-refractivity contribution is 0.409. The van der Waals surface area contributed by atoms with Gasteiger partial charge in [-0.25, -0.2) is 23.0 Å². The standard InChI is InChI=1S/C14H12F4N2O/c1-21-8-2-3-9(10(16)6-8)14(20-19)13-11(17)4-7(15)5-12(13)18/h2-6,14,20H,19H2,1H3. The number of nitrogens with one attached hydrogen (secondary N) is 1. The minimum absolute atomic E-state index is 0.0947. The fourth-order valence-electron chi connectivity index (χ4n) is 2.03. The number of methoxy groups -OCH3 is 1. The Kier molecular flexibility index (Phi) is 4.44. The first kappa shape index (κ1) is 15.3. The van der Waals surface area contributed by atoms with E-state index < -0.39 is 34.9 Å². The highest BCUT2D eigenvalue weighted by Gasteiger charge is 2.24. The van der Waals surface area contributed by atoms with Gasteiger partial charge in [0.2, 0.25) is 0 Å². The van der Waals surface area contributed by atoms with E-state index in [0.29, 0.717) is 12.1 Å². The fraction of sp³-hybridized carbons (Fsp3) is 0.143. The van der Waals surface area contributed by atoms with Gasteiger partial charge >= 0.3 is 0 Å². The molecule has 3 nitrogen and oxygen atoms in total. The Labute approximate surface area is 118 Å². The molecule has 0 saturated carbocycles. The molecule has 0 amide bonds. The molecule has 2 rings (SSSR count). The molecule has 0 aliphatic heterocycles. The van der Waals surface area contributed by atoms with E-state index in [1.807, 2.05) is 0 Å². The van der Waals surface area contributed by atoms with Gasteiger partial charge in [-0.05, 0) is 6.07 Å². The minimum Gasteiger partial charge on any atom is -0.497 e. The summed E-state index contributed by atoms with van der Waals surface area (Å²) < 4.78 is 59.4. The molecule has 0 aliphatic rings. The van der Waals surface area contributed by atoms with Crippen LogP contribution in [0.4, 0.5) is 17.6 Å². The van der Waals surface area contributed by atoms with Crippen LogP contribution < -0.4 is 16.0 Å². The number of nitrogens with two attached hydrogens (primary N) is 1. The van der Waals surface area contributed by atoms with Gasteiger partial charge in [-0.1, -0.05) is 6.07 Å². The molecule has 1 atom stereocenters. The third-order valence-electron chi connectivity index (χ3n) is 3.02. The van der Waals surface area contributed by atoms with Crippen molar-refractivity contribution in [2.75, 3.05) is 7.11 Å². The Bertz CT molecular complexity index is 640. The molecule has 0 aromatic heterocycles. The van der Waals surface area contributed by atoms with Gasteiger partial charge in [0.15, 0.2) is 0 Å². The van der Waals surface area contributed by atoms with Crippen LogP contribution in [0.25, 0.3) is 0 Å². The topological polar surface area (TPSA) is 47.3 Å². The van der Waals surface area contributed by atoms with Crippen molar-refractivity contribution in [2.24, 2.45) is 5.84 Å². The molecule has 0 aliphatic carbocycles. The average molecular weight is 300 g/mol. The maximum atomic E-state index is 14.0. The van der Waals surface area contributed by atoms with Gasteiger partial charge in [0, 0.05) is 29.3 Å². The van der Waals surface area contributed by atoms with Crippen molar-refractivity contribution in [3.8, 4) is 5.75 Å². The zero-order valence-corrected chi connectivity index (χ0v) is 11.0.